The van der Waals surface area contributed by atoms with Crippen LogP contribution in [0.4, 0.5) is 5.69 Å². The molecule has 2 aromatic heterocycles. The summed E-state index contributed by atoms with van der Waals surface area (Å²) >= 11 is 1.25. The summed E-state index contributed by atoms with van der Waals surface area (Å²) in [7, 11) is 0. The van der Waals surface area contributed by atoms with Crippen molar-refractivity contribution in [3.8, 4) is 0 Å². The van der Waals surface area contributed by atoms with Gasteiger partial charge in [-0.3, -0.25) is 20.1 Å². The molecule has 118 valence electrons. The van der Waals surface area contributed by atoms with Gasteiger partial charge >= 0.3 is 5.76 Å². The van der Waals surface area contributed by atoms with E-state index in [1.54, 1.807) is 12.4 Å². The Morgan fingerprint density at radius 1 is 1.21 bits per heavy atom. The Hall–Kier alpha value is -3.13. The monoisotopic (exact) mass is 339 g/mol. The fourth-order valence-electron chi connectivity index (χ4n) is 2.49. The second-order valence-corrected chi connectivity index (χ2v) is 6.13. The summed E-state index contributed by atoms with van der Waals surface area (Å²) in [6.07, 6.45) is 3.41. The van der Waals surface area contributed by atoms with Crippen molar-refractivity contribution in [1.29, 1.82) is 0 Å². The molecule has 0 saturated carbocycles. The summed E-state index contributed by atoms with van der Waals surface area (Å²) in [5.41, 5.74) is 0.504. The zero-order valence-corrected chi connectivity index (χ0v) is 12.9. The number of nitrogens with zero attached hydrogens (tertiary/aromatic N) is 2. The van der Waals surface area contributed by atoms with Crippen molar-refractivity contribution >= 4 is 39.3 Å². The molecular formula is C16H9N3O4S. The van der Waals surface area contributed by atoms with Crippen molar-refractivity contribution in [2.45, 2.75) is 9.79 Å². The van der Waals surface area contributed by atoms with E-state index in [0.29, 0.717) is 10.4 Å². The smallest absolute Gasteiger partial charge is 0.408 e. The number of H-pyrrole nitrogens is 1. The van der Waals surface area contributed by atoms with Crippen molar-refractivity contribution in [3.63, 3.8) is 0 Å². The van der Waals surface area contributed by atoms with Crippen LogP contribution in [0.3, 0.4) is 0 Å². The molecule has 0 fully saturated rings. The van der Waals surface area contributed by atoms with Gasteiger partial charge in [-0.05, 0) is 17.5 Å². The Balaban J connectivity index is 1.90. The molecule has 0 radical (unpaired) electrons. The number of aromatic nitrogens is 2. The summed E-state index contributed by atoms with van der Waals surface area (Å²) in [5, 5.41) is 13.3. The van der Waals surface area contributed by atoms with Gasteiger partial charge in [-0.1, -0.05) is 23.9 Å². The topological polar surface area (TPSA) is 102 Å². The normalized spacial score (nSPS) is 11.2. The fraction of sp³-hybridized carbons (Fsp3) is 0. The molecule has 2 aromatic carbocycles. The van der Waals surface area contributed by atoms with Crippen LogP contribution in [0.1, 0.15) is 0 Å². The maximum Gasteiger partial charge on any atom is 0.417 e. The van der Waals surface area contributed by atoms with E-state index in [2.05, 4.69) is 9.97 Å². The summed E-state index contributed by atoms with van der Waals surface area (Å²) in [4.78, 5) is 30.0. The van der Waals surface area contributed by atoms with Crippen molar-refractivity contribution in [2.75, 3.05) is 0 Å². The van der Waals surface area contributed by atoms with Crippen LogP contribution >= 0.6 is 11.8 Å². The van der Waals surface area contributed by atoms with Gasteiger partial charge in [-0.25, -0.2) is 4.79 Å². The molecule has 0 unspecified atom stereocenters. The number of oxazole rings is 1. The molecule has 2 heterocycles. The molecule has 0 aliphatic rings. The van der Waals surface area contributed by atoms with Crippen molar-refractivity contribution in [2.24, 2.45) is 0 Å². The lowest BCUT2D eigenvalue weighted by molar-refractivity contribution is -0.387. The lowest BCUT2D eigenvalue weighted by Gasteiger charge is -2.06. The third-order valence-corrected chi connectivity index (χ3v) is 4.68. The molecule has 0 aliphatic heterocycles. The SMILES string of the molecule is O=c1[nH]c2cc([N+](=O)[O-])c(Sc3cccc4cnccc34)cc2o1. The predicted octanol–water partition coefficient (Wildman–Crippen LogP) is 3.73. The Morgan fingerprint density at radius 3 is 2.92 bits per heavy atom. The zero-order chi connectivity index (χ0) is 16.7. The van der Waals surface area contributed by atoms with Crippen LogP contribution in [0.5, 0.6) is 0 Å². The molecule has 1 N–H and O–H groups in total. The summed E-state index contributed by atoms with van der Waals surface area (Å²) in [6.45, 7) is 0. The number of rotatable bonds is 3. The third kappa shape index (κ3) is 2.42. The second-order valence-electron chi connectivity index (χ2n) is 5.04. The van der Waals surface area contributed by atoms with Crippen LogP contribution in [0.15, 0.2) is 67.8 Å². The molecule has 8 heteroatoms. The van der Waals surface area contributed by atoms with E-state index in [-0.39, 0.29) is 11.3 Å². The van der Waals surface area contributed by atoms with Crippen molar-refractivity contribution in [1.82, 2.24) is 9.97 Å². The number of fused-ring (bicyclic) bond motifs is 2. The van der Waals surface area contributed by atoms with E-state index >= 15 is 0 Å². The second kappa shape index (κ2) is 5.50. The lowest BCUT2D eigenvalue weighted by Crippen LogP contribution is -1.93. The Morgan fingerprint density at radius 2 is 2.08 bits per heavy atom. The molecule has 0 bridgehead atoms. The number of aromatic amines is 1. The Kier molecular flexibility index (Phi) is 3.31. The molecule has 0 amide bonds. The maximum absolute atomic E-state index is 11.4. The van der Waals surface area contributed by atoms with Crippen LogP contribution in [0.2, 0.25) is 0 Å². The Bertz CT molecular complexity index is 1140. The number of benzene rings is 2. The molecular weight excluding hydrogens is 330 g/mol. The molecule has 7 nitrogen and oxygen atoms in total. The first kappa shape index (κ1) is 14.5. The average molecular weight is 339 g/mol. The van der Waals surface area contributed by atoms with Crippen LogP contribution in [-0.4, -0.2) is 14.9 Å². The fourth-order valence-corrected chi connectivity index (χ4v) is 3.58. The minimum atomic E-state index is -0.641. The van der Waals surface area contributed by atoms with Gasteiger partial charge in [-0.15, -0.1) is 0 Å². The first-order chi connectivity index (χ1) is 11.6. The highest BCUT2D eigenvalue weighted by Gasteiger charge is 2.19. The van der Waals surface area contributed by atoms with E-state index in [4.69, 9.17) is 4.42 Å². The van der Waals surface area contributed by atoms with Gasteiger partial charge in [0.2, 0.25) is 0 Å². The predicted molar refractivity (Wildman–Crippen MR) is 89.4 cm³/mol. The number of hydrogen-bond acceptors (Lipinski definition) is 6. The van der Waals surface area contributed by atoms with Gasteiger partial charge in [0.05, 0.1) is 15.3 Å². The third-order valence-electron chi connectivity index (χ3n) is 3.56. The number of nitrogens with one attached hydrogen (secondary N) is 1. The summed E-state index contributed by atoms with van der Waals surface area (Å²) < 4.78 is 5.01. The van der Waals surface area contributed by atoms with Gasteiger partial charge in [0.1, 0.15) is 0 Å². The zero-order valence-electron chi connectivity index (χ0n) is 12.1. The number of pyridine rings is 1. The molecule has 4 aromatic rings. The summed E-state index contributed by atoms with van der Waals surface area (Å²) in [6, 6.07) is 10.4. The number of nitro benzene ring substituents is 1. The minimum absolute atomic E-state index is 0.0874. The van der Waals surface area contributed by atoms with Gasteiger partial charge in [0.15, 0.2) is 5.58 Å². The van der Waals surface area contributed by atoms with E-state index < -0.39 is 10.7 Å². The lowest BCUT2D eigenvalue weighted by atomic mass is 10.2. The molecule has 0 atom stereocenters. The van der Waals surface area contributed by atoms with E-state index in [1.165, 1.54) is 23.9 Å². The molecule has 0 aliphatic carbocycles. The molecule has 24 heavy (non-hydrogen) atoms. The van der Waals surface area contributed by atoms with E-state index in [9.17, 15) is 14.9 Å². The molecule has 4 rings (SSSR count). The van der Waals surface area contributed by atoms with Gasteiger partial charge in [0, 0.05) is 34.8 Å². The molecule has 0 spiro atoms. The maximum atomic E-state index is 11.4. The van der Waals surface area contributed by atoms with Gasteiger partial charge in [-0.2, -0.15) is 0 Å². The first-order valence-electron chi connectivity index (χ1n) is 6.94. The standard InChI is InChI=1S/C16H9N3O4S/c20-16-18-11-6-12(19(21)22)15(7-13(11)23-16)24-14-3-1-2-9-8-17-5-4-10(9)14/h1-8H,(H,18,20). The van der Waals surface area contributed by atoms with Crippen molar-refractivity contribution in [3.05, 3.63) is 69.5 Å². The number of hydrogen-bond donors (Lipinski definition) is 1. The number of nitro groups is 1. The molecule has 0 saturated heterocycles. The Labute approximate surface area is 138 Å². The van der Waals surface area contributed by atoms with Gasteiger partial charge < -0.3 is 4.42 Å². The van der Waals surface area contributed by atoms with Crippen molar-refractivity contribution < 1.29 is 9.34 Å². The largest absolute Gasteiger partial charge is 0.417 e. The summed E-state index contributed by atoms with van der Waals surface area (Å²) in [5.74, 6) is -0.641. The van der Waals surface area contributed by atoms with Crippen LogP contribution in [0.25, 0.3) is 21.9 Å². The minimum Gasteiger partial charge on any atom is -0.408 e. The quantitative estimate of drug-likeness (QED) is 0.451. The highest BCUT2D eigenvalue weighted by Crippen LogP contribution is 2.39. The van der Waals surface area contributed by atoms with Gasteiger partial charge in [0.25, 0.3) is 5.69 Å². The highest BCUT2D eigenvalue weighted by molar-refractivity contribution is 7.99. The van der Waals surface area contributed by atoms with Crippen LogP contribution < -0.4 is 5.76 Å². The first-order valence-corrected chi connectivity index (χ1v) is 7.75. The van der Waals surface area contributed by atoms with E-state index in [0.717, 1.165) is 15.7 Å². The van der Waals surface area contributed by atoms with Crippen LogP contribution in [0, 0.1) is 10.1 Å². The van der Waals surface area contributed by atoms with E-state index in [1.807, 2.05) is 24.3 Å². The van der Waals surface area contributed by atoms with Crippen LogP contribution in [-0.2, 0) is 0 Å². The average Bonchev–Trinajstić information content (AvgIpc) is 2.93. The highest BCUT2D eigenvalue weighted by atomic mass is 32.2.